The Morgan fingerprint density at radius 3 is 2.50 bits per heavy atom. The molecule has 2 saturated heterocycles. The van der Waals surface area contributed by atoms with Crippen LogP contribution in [0.5, 0.6) is 11.5 Å². The van der Waals surface area contributed by atoms with E-state index in [1.165, 1.54) is 48.6 Å². The summed E-state index contributed by atoms with van der Waals surface area (Å²) in [6, 6.07) is 10.9. The van der Waals surface area contributed by atoms with Gasteiger partial charge in [-0.1, -0.05) is 30.7 Å². The van der Waals surface area contributed by atoms with Crippen LogP contribution in [-0.4, -0.2) is 56.1 Å². The highest BCUT2D eigenvalue weighted by Crippen LogP contribution is 2.51. The minimum absolute atomic E-state index is 0.120. The predicted octanol–water partition coefficient (Wildman–Crippen LogP) is 4.57. The molecule has 30 heavy (non-hydrogen) atoms. The monoisotopic (exact) mass is 408 g/mol. The summed E-state index contributed by atoms with van der Waals surface area (Å²) in [5.74, 6) is 1.88. The number of hydrogen-bond acceptors (Lipinski definition) is 5. The number of anilines is 1. The highest BCUT2D eigenvalue weighted by molar-refractivity contribution is 6.00. The van der Waals surface area contributed by atoms with Crippen molar-refractivity contribution >= 4 is 16.5 Å². The summed E-state index contributed by atoms with van der Waals surface area (Å²) in [6.45, 7) is 5.65. The second kappa shape index (κ2) is 7.61. The van der Waals surface area contributed by atoms with Crippen molar-refractivity contribution in [2.24, 2.45) is 0 Å². The Morgan fingerprint density at radius 2 is 1.67 bits per heavy atom. The second-order valence-electron chi connectivity index (χ2n) is 9.21. The number of fused-ring (bicyclic) bond motifs is 4. The number of morpholine rings is 1. The number of piperidine rings is 1. The third-order valence-electron chi connectivity index (χ3n) is 7.48. The molecule has 2 aromatic carbocycles. The van der Waals surface area contributed by atoms with E-state index in [0.29, 0.717) is 0 Å². The molecule has 0 bridgehead atoms. The predicted molar refractivity (Wildman–Crippen MR) is 119 cm³/mol. The van der Waals surface area contributed by atoms with Crippen LogP contribution in [0.15, 0.2) is 30.3 Å². The molecule has 6 rings (SSSR count). The van der Waals surface area contributed by atoms with Crippen LogP contribution in [0.4, 0.5) is 5.69 Å². The molecular formula is C25H32N2O3. The van der Waals surface area contributed by atoms with Crippen molar-refractivity contribution in [2.75, 3.05) is 44.3 Å². The Morgan fingerprint density at radius 1 is 0.867 bits per heavy atom. The Labute approximate surface area is 178 Å². The van der Waals surface area contributed by atoms with Crippen molar-refractivity contribution < 1.29 is 14.2 Å². The molecule has 2 aromatic rings. The van der Waals surface area contributed by atoms with Gasteiger partial charge in [-0.25, -0.2) is 0 Å². The lowest BCUT2D eigenvalue weighted by atomic mass is 9.85. The summed E-state index contributed by atoms with van der Waals surface area (Å²) in [7, 11) is 0. The summed E-state index contributed by atoms with van der Waals surface area (Å²) in [6.07, 6.45) is 8.57. The zero-order valence-electron chi connectivity index (χ0n) is 17.8. The number of benzene rings is 2. The SMILES string of the molecule is c1ccc2c3c(cc(N4CCOCC4)c2c1)O[C@@]1(N2CCCCC2)CCCC[C@H]1O3. The van der Waals surface area contributed by atoms with E-state index in [1.807, 2.05) is 0 Å². The topological polar surface area (TPSA) is 34.2 Å². The van der Waals surface area contributed by atoms with Gasteiger partial charge in [0.2, 0.25) is 5.72 Å². The molecule has 0 amide bonds. The van der Waals surface area contributed by atoms with Crippen LogP contribution in [0.1, 0.15) is 44.9 Å². The highest BCUT2D eigenvalue weighted by atomic mass is 16.6. The zero-order valence-corrected chi connectivity index (χ0v) is 17.8. The molecule has 160 valence electrons. The number of rotatable bonds is 2. The van der Waals surface area contributed by atoms with Crippen molar-refractivity contribution in [1.82, 2.24) is 4.90 Å². The molecule has 3 heterocycles. The Bertz CT molecular complexity index is 920. The van der Waals surface area contributed by atoms with Crippen LogP contribution in [0, 0.1) is 0 Å². The zero-order chi connectivity index (χ0) is 20.0. The van der Waals surface area contributed by atoms with Gasteiger partial charge in [0.05, 0.1) is 13.2 Å². The maximum absolute atomic E-state index is 7.05. The maximum Gasteiger partial charge on any atom is 0.200 e. The first-order chi connectivity index (χ1) is 14.9. The minimum atomic E-state index is -0.295. The first kappa shape index (κ1) is 18.8. The maximum atomic E-state index is 7.05. The molecule has 1 aliphatic carbocycles. The Kier molecular flexibility index (Phi) is 4.76. The van der Waals surface area contributed by atoms with Crippen LogP contribution in [-0.2, 0) is 4.74 Å². The average Bonchev–Trinajstić information content (AvgIpc) is 2.83. The van der Waals surface area contributed by atoms with Gasteiger partial charge in [-0.3, -0.25) is 4.90 Å². The van der Waals surface area contributed by atoms with Gasteiger partial charge < -0.3 is 19.1 Å². The van der Waals surface area contributed by atoms with E-state index >= 15 is 0 Å². The van der Waals surface area contributed by atoms with Crippen molar-refractivity contribution in [1.29, 1.82) is 0 Å². The fourth-order valence-electron chi connectivity index (χ4n) is 5.96. The molecule has 1 saturated carbocycles. The van der Waals surface area contributed by atoms with E-state index in [2.05, 4.69) is 40.1 Å². The second-order valence-corrected chi connectivity index (χ2v) is 9.21. The van der Waals surface area contributed by atoms with Crippen LogP contribution in [0.25, 0.3) is 10.8 Å². The molecule has 5 heteroatoms. The van der Waals surface area contributed by atoms with Gasteiger partial charge in [-0.2, -0.15) is 0 Å². The molecule has 0 aromatic heterocycles. The fourth-order valence-corrected chi connectivity index (χ4v) is 5.96. The lowest BCUT2D eigenvalue weighted by molar-refractivity contribution is -0.190. The van der Waals surface area contributed by atoms with E-state index in [9.17, 15) is 0 Å². The molecule has 2 atom stereocenters. The van der Waals surface area contributed by atoms with Gasteiger partial charge >= 0.3 is 0 Å². The summed E-state index contributed by atoms with van der Waals surface area (Å²) < 4.78 is 19.5. The Hall–Kier alpha value is -1.98. The van der Waals surface area contributed by atoms with Gasteiger partial charge in [0, 0.05) is 55.1 Å². The van der Waals surface area contributed by atoms with Crippen LogP contribution >= 0.6 is 0 Å². The van der Waals surface area contributed by atoms with Crippen molar-refractivity contribution in [3.63, 3.8) is 0 Å². The molecule has 0 spiro atoms. The van der Waals surface area contributed by atoms with Crippen molar-refractivity contribution in [3.05, 3.63) is 30.3 Å². The van der Waals surface area contributed by atoms with Crippen LogP contribution in [0.3, 0.4) is 0 Å². The quantitative estimate of drug-likeness (QED) is 0.727. The lowest BCUT2D eigenvalue weighted by Gasteiger charge is -2.53. The van der Waals surface area contributed by atoms with E-state index in [4.69, 9.17) is 14.2 Å². The smallest absolute Gasteiger partial charge is 0.200 e. The first-order valence-electron chi connectivity index (χ1n) is 11.8. The molecule has 0 unspecified atom stereocenters. The summed E-state index contributed by atoms with van der Waals surface area (Å²) in [4.78, 5) is 5.04. The van der Waals surface area contributed by atoms with Crippen LogP contribution in [0.2, 0.25) is 0 Å². The lowest BCUT2D eigenvalue weighted by Crippen LogP contribution is -2.66. The Balaban J connectivity index is 1.47. The van der Waals surface area contributed by atoms with Gasteiger partial charge in [-0.15, -0.1) is 0 Å². The molecule has 3 aliphatic heterocycles. The number of hydrogen-bond donors (Lipinski definition) is 0. The number of likely N-dealkylation sites (tertiary alicyclic amines) is 1. The third kappa shape index (κ3) is 2.97. The van der Waals surface area contributed by atoms with E-state index in [1.54, 1.807) is 0 Å². The number of ether oxygens (including phenoxy) is 3. The normalized spacial score (nSPS) is 29.6. The highest BCUT2D eigenvalue weighted by Gasteiger charge is 2.52. The fraction of sp³-hybridized carbons (Fsp3) is 0.600. The largest absolute Gasteiger partial charge is 0.480 e. The molecule has 0 radical (unpaired) electrons. The standard InChI is InChI=1S/C25H32N2O3/c1-6-12-27(13-7-1)25-11-5-4-10-23(25)29-24-20-9-3-2-8-19(20)21(18-22(24)30-25)26-14-16-28-17-15-26/h2-3,8-9,18,23H,1,4-7,10-17H2/t23-,25+/m1/s1. The van der Waals surface area contributed by atoms with Crippen LogP contribution < -0.4 is 14.4 Å². The molecule has 0 N–H and O–H groups in total. The molecule has 3 fully saturated rings. The van der Waals surface area contributed by atoms with E-state index in [-0.39, 0.29) is 11.8 Å². The first-order valence-corrected chi connectivity index (χ1v) is 11.8. The minimum Gasteiger partial charge on any atom is -0.480 e. The summed E-state index contributed by atoms with van der Waals surface area (Å²) >= 11 is 0. The van der Waals surface area contributed by atoms with Crippen molar-refractivity contribution in [2.45, 2.75) is 56.8 Å². The summed E-state index contributed by atoms with van der Waals surface area (Å²) in [5, 5.41) is 2.43. The van der Waals surface area contributed by atoms with Crippen molar-refractivity contribution in [3.8, 4) is 11.5 Å². The van der Waals surface area contributed by atoms with Gasteiger partial charge in [-0.05, 0) is 32.1 Å². The third-order valence-corrected chi connectivity index (χ3v) is 7.48. The van der Waals surface area contributed by atoms with Gasteiger partial charge in [0.1, 0.15) is 0 Å². The van der Waals surface area contributed by atoms with E-state index < -0.39 is 0 Å². The van der Waals surface area contributed by atoms with E-state index in [0.717, 1.165) is 63.7 Å². The summed E-state index contributed by atoms with van der Waals surface area (Å²) in [5.41, 5.74) is 0.954. The molecular weight excluding hydrogens is 376 g/mol. The number of nitrogens with zero attached hydrogens (tertiary/aromatic N) is 2. The van der Waals surface area contributed by atoms with Gasteiger partial charge in [0.25, 0.3) is 0 Å². The van der Waals surface area contributed by atoms with Gasteiger partial charge in [0.15, 0.2) is 17.6 Å². The molecule has 5 nitrogen and oxygen atoms in total. The average molecular weight is 409 g/mol. The molecule has 4 aliphatic rings.